The zero-order valence-electron chi connectivity index (χ0n) is 15.3. The Morgan fingerprint density at radius 2 is 1.80 bits per heavy atom. The van der Waals surface area contributed by atoms with Gasteiger partial charge in [0.1, 0.15) is 10.8 Å². The van der Waals surface area contributed by atoms with Gasteiger partial charge >= 0.3 is 0 Å². The first-order valence-electron chi connectivity index (χ1n) is 8.79. The smallest absolute Gasteiger partial charge is 0.289 e. The van der Waals surface area contributed by atoms with Crippen LogP contribution in [0.3, 0.4) is 0 Å². The molecule has 0 spiro atoms. The third kappa shape index (κ3) is 4.72. The number of nitro groups is 1. The van der Waals surface area contributed by atoms with Crippen molar-refractivity contribution in [1.29, 1.82) is 0 Å². The second-order valence-corrected chi connectivity index (χ2v) is 9.42. The Morgan fingerprint density at radius 1 is 1.13 bits per heavy atom. The number of nitrogens with zero attached hydrogens (tertiary/aromatic N) is 2. The molecule has 0 bridgehead atoms. The number of hydrogen-bond acceptors (Lipinski definition) is 5. The highest BCUT2D eigenvalue weighted by atomic mass is 35.5. The number of sulfonamides is 1. The summed E-state index contributed by atoms with van der Waals surface area (Å²) in [6, 6.07) is 7.11. The van der Waals surface area contributed by atoms with Gasteiger partial charge in [0.15, 0.2) is 0 Å². The summed E-state index contributed by atoms with van der Waals surface area (Å²) in [6.07, 6.45) is 0.519. The van der Waals surface area contributed by atoms with Gasteiger partial charge in [-0.3, -0.25) is 14.9 Å². The molecule has 0 radical (unpaired) electrons. The monoisotopic (exact) mass is 475 g/mol. The lowest BCUT2D eigenvalue weighted by molar-refractivity contribution is -0.384. The molecule has 1 amide bonds. The Hall–Kier alpha value is -2.27. The molecule has 1 N–H and O–H groups in total. The van der Waals surface area contributed by atoms with Gasteiger partial charge in [0.05, 0.1) is 14.8 Å². The lowest BCUT2D eigenvalue weighted by Crippen LogP contribution is -2.41. The van der Waals surface area contributed by atoms with Crippen LogP contribution in [0.4, 0.5) is 15.8 Å². The summed E-state index contributed by atoms with van der Waals surface area (Å²) in [6.45, 7) is 0.187. The van der Waals surface area contributed by atoms with Crippen molar-refractivity contribution in [3.05, 3.63) is 62.4 Å². The van der Waals surface area contributed by atoms with E-state index in [9.17, 15) is 27.7 Å². The number of benzene rings is 2. The van der Waals surface area contributed by atoms with Crippen LogP contribution in [-0.2, 0) is 14.8 Å². The van der Waals surface area contributed by atoms with Gasteiger partial charge in [-0.05, 0) is 43.2 Å². The predicted molar refractivity (Wildman–Crippen MR) is 110 cm³/mol. The number of hydrogen-bond donors (Lipinski definition) is 1. The van der Waals surface area contributed by atoms with Crippen LogP contribution in [0.5, 0.6) is 0 Å². The first-order chi connectivity index (χ1) is 14.1. The molecule has 3 rings (SSSR count). The van der Waals surface area contributed by atoms with E-state index < -0.39 is 26.7 Å². The summed E-state index contributed by atoms with van der Waals surface area (Å²) in [7, 11) is -3.87. The van der Waals surface area contributed by atoms with Crippen LogP contribution in [-0.4, -0.2) is 36.6 Å². The standard InChI is InChI=1S/C18H16Cl2FN3O5S/c19-14-3-1-12(9-17(14)24(26)27)22-18(25)11-5-7-23(8-6-11)30(28,29)13-2-4-16(21)15(20)10-13/h1-4,9-11H,5-8H2,(H,22,25). The number of anilines is 1. The zero-order chi connectivity index (χ0) is 22.1. The number of amides is 1. The van der Waals surface area contributed by atoms with Crippen LogP contribution in [0, 0.1) is 21.8 Å². The SMILES string of the molecule is O=C(Nc1ccc(Cl)c([N+](=O)[O-])c1)C1CCN(S(=O)(=O)c2ccc(F)c(Cl)c2)CC1. The molecule has 0 atom stereocenters. The average molecular weight is 476 g/mol. The van der Waals surface area contributed by atoms with Crippen molar-refractivity contribution < 1.29 is 22.5 Å². The van der Waals surface area contributed by atoms with Crippen LogP contribution < -0.4 is 5.32 Å². The minimum Gasteiger partial charge on any atom is -0.326 e. The number of halogens is 3. The van der Waals surface area contributed by atoms with Crippen molar-refractivity contribution >= 4 is 50.5 Å². The molecule has 8 nitrogen and oxygen atoms in total. The number of piperidine rings is 1. The Bertz CT molecular complexity index is 1100. The molecule has 1 aliphatic rings. The summed E-state index contributed by atoms with van der Waals surface area (Å²) in [5.41, 5.74) is -0.0968. The first-order valence-corrected chi connectivity index (χ1v) is 11.0. The van der Waals surface area contributed by atoms with E-state index >= 15 is 0 Å². The first kappa shape index (κ1) is 22.4. The van der Waals surface area contributed by atoms with Gasteiger partial charge in [-0.25, -0.2) is 12.8 Å². The van der Waals surface area contributed by atoms with Crippen molar-refractivity contribution in [2.75, 3.05) is 18.4 Å². The van der Waals surface area contributed by atoms with E-state index in [0.29, 0.717) is 0 Å². The fourth-order valence-corrected chi connectivity index (χ4v) is 5.05. The zero-order valence-corrected chi connectivity index (χ0v) is 17.7. The van der Waals surface area contributed by atoms with Crippen LogP contribution in [0.15, 0.2) is 41.3 Å². The van der Waals surface area contributed by atoms with Gasteiger partial charge in [-0.2, -0.15) is 4.31 Å². The highest BCUT2D eigenvalue weighted by molar-refractivity contribution is 7.89. The van der Waals surface area contributed by atoms with Crippen molar-refractivity contribution in [2.45, 2.75) is 17.7 Å². The number of carbonyl (C=O) groups is 1. The largest absolute Gasteiger partial charge is 0.326 e. The Labute approximate surface area is 181 Å². The highest BCUT2D eigenvalue weighted by Gasteiger charge is 2.32. The summed E-state index contributed by atoms with van der Waals surface area (Å²) in [5.74, 6) is -1.55. The van der Waals surface area contributed by atoms with Crippen molar-refractivity contribution in [3.8, 4) is 0 Å². The molecule has 30 heavy (non-hydrogen) atoms. The second kappa shape index (κ2) is 8.84. The molecular weight excluding hydrogens is 460 g/mol. The number of rotatable bonds is 5. The van der Waals surface area contributed by atoms with Crippen LogP contribution >= 0.6 is 23.2 Å². The molecule has 0 aromatic heterocycles. The summed E-state index contributed by atoms with van der Waals surface area (Å²) >= 11 is 11.4. The van der Waals surface area contributed by atoms with Crippen LogP contribution in [0.1, 0.15) is 12.8 Å². The maximum absolute atomic E-state index is 13.3. The van der Waals surface area contributed by atoms with E-state index in [2.05, 4.69) is 5.32 Å². The molecule has 1 heterocycles. The molecule has 0 unspecified atom stereocenters. The third-order valence-electron chi connectivity index (χ3n) is 4.76. The molecule has 1 aliphatic heterocycles. The second-order valence-electron chi connectivity index (χ2n) is 6.67. The van der Waals surface area contributed by atoms with Gasteiger partial charge in [-0.15, -0.1) is 0 Å². The summed E-state index contributed by atoms with van der Waals surface area (Å²) in [4.78, 5) is 22.7. The fraction of sp³-hybridized carbons (Fsp3) is 0.278. The Balaban J connectivity index is 1.65. The molecular formula is C18H16Cl2FN3O5S. The quantitative estimate of drug-likeness (QED) is 0.517. The van der Waals surface area contributed by atoms with E-state index in [1.54, 1.807) is 0 Å². The van der Waals surface area contributed by atoms with E-state index in [4.69, 9.17) is 23.2 Å². The van der Waals surface area contributed by atoms with Gasteiger partial charge in [0.25, 0.3) is 5.69 Å². The number of nitrogens with one attached hydrogen (secondary N) is 1. The predicted octanol–water partition coefficient (Wildman–Crippen LogP) is 4.08. The number of carbonyl (C=O) groups excluding carboxylic acids is 1. The van der Waals surface area contributed by atoms with E-state index in [1.807, 2.05) is 0 Å². The van der Waals surface area contributed by atoms with Crippen LogP contribution in [0.2, 0.25) is 10.0 Å². The Kier molecular flexibility index (Phi) is 6.61. The molecule has 1 fully saturated rings. The van der Waals surface area contributed by atoms with Gasteiger partial charge < -0.3 is 5.32 Å². The fourth-order valence-electron chi connectivity index (χ4n) is 3.12. The molecule has 0 saturated carbocycles. The summed E-state index contributed by atoms with van der Waals surface area (Å²) in [5, 5.41) is 13.2. The van der Waals surface area contributed by atoms with Gasteiger partial charge in [-0.1, -0.05) is 23.2 Å². The van der Waals surface area contributed by atoms with E-state index in [0.717, 1.165) is 24.3 Å². The number of nitro benzene ring substituents is 1. The molecule has 0 aliphatic carbocycles. The van der Waals surface area contributed by atoms with E-state index in [1.165, 1.54) is 16.4 Å². The minimum absolute atomic E-state index is 0.0441. The molecule has 2 aromatic carbocycles. The van der Waals surface area contributed by atoms with Gasteiger partial charge in [0, 0.05) is 30.8 Å². The third-order valence-corrected chi connectivity index (χ3v) is 7.27. The molecule has 2 aromatic rings. The minimum atomic E-state index is -3.87. The van der Waals surface area contributed by atoms with Crippen LogP contribution in [0.25, 0.3) is 0 Å². The average Bonchev–Trinajstić information content (AvgIpc) is 2.71. The highest BCUT2D eigenvalue weighted by Crippen LogP contribution is 2.29. The molecule has 1 saturated heterocycles. The Morgan fingerprint density at radius 3 is 2.40 bits per heavy atom. The molecule has 160 valence electrons. The molecule has 12 heteroatoms. The van der Waals surface area contributed by atoms with Crippen molar-refractivity contribution in [3.63, 3.8) is 0 Å². The van der Waals surface area contributed by atoms with Crippen molar-refractivity contribution in [2.24, 2.45) is 5.92 Å². The maximum Gasteiger partial charge on any atom is 0.289 e. The summed E-state index contributed by atoms with van der Waals surface area (Å²) < 4.78 is 40.0. The topological polar surface area (TPSA) is 110 Å². The lowest BCUT2D eigenvalue weighted by Gasteiger charge is -2.30. The lowest BCUT2D eigenvalue weighted by atomic mass is 9.97. The van der Waals surface area contributed by atoms with Gasteiger partial charge in [0.2, 0.25) is 15.9 Å². The van der Waals surface area contributed by atoms with Crippen molar-refractivity contribution in [1.82, 2.24) is 4.31 Å². The normalized spacial score (nSPS) is 15.7. The van der Waals surface area contributed by atoms with E-state index in [-0.39, 0.29) is 58.2 Å². The maximum atomic E-state index is 13.3.